The van der Waals surface area contributed by atoms with Crippen molar-refractivity contribution in [3.8, 4) is 11.8 Å². The van der Waals surface area contributed by atoms with E-state index in [0.29, 0.717) is 16.3 Å². The van der Waals surface area contributed by atoms with Crippen LogP contribution in [0.3, 0.4) is 0 Å². The molecule has 0 bridgehead atoms. The SMILES string of the molecule is N#C/C(=C/c1ccc(OCc2ccccc2Cl)c(I)c1)C(=O)Nc1cccc(C(F)(F)F)c1. The lowest BCUT2D eigenvalue weighted by Crippen LogP contribution is -2.14. The zero-order valence-electron chi connectivity index (χ0n) is 16.8. The van der Waals surface area contributed by atoms with E-state index in [4.69, 9.17) is 16.3 Å². The number of nitrogens with zero attached hydrogens (tertiary/aromatic N) is 1. The number of nitriles is 1. The van der Waals surface area contributed by atoms with Gasteiger partial charge in [-0.2, -0.15) is 18.4 Å². The summed E-state index contributed by atoms with van der Waals surface area (Å²) in [5.74, 6) is -0.217. The van der Waals surface area contributed by atoms with Gasteiger partial charge in [-0.3, -0.25) is 4.79 Å². The van der Waals surface area contributed by atoms with E-state index in [9.17, 15) is 23.2 Å². The molecule has 0 saturated heterocycles. The fourth-order valence-electron chi connectivity index (χ4n) is 2.78. The number of hydrogen-bond acceptors (Lipinski definition) is 3. The summed E-state index contributed by atoms with van der Waals surface area (Å²) in [6.45, 7) is 0.272. The summed E-state index contributed by atoms with van der Waals surface area (Å²) in [4.78, 5) is 12.4. The molecule has 0 atom stereocenters. The summed E-state index contributed by atoms with van der Waals surface area (Å²) in [6, 6.07) is 18.4. The molecule has 3 rings (SSSR count). The quantitative estimate of drug-likeness (QED) is 0.192. The summed E-state index contributed by atoms with van der Waals surface area (Å²) in [5.41, 5.74) is 0.170. The third kappa shape index (κ3) is 6.73. The van der Waals surface area contributed by atoms with Crippen LogP contribution in [-0.2, 0) is 17.6 Å². The Hall–Kier alpha value is -3.03. The van der Waals surface area contributed by atoms with Crippen LogP contribution in [0.15, 0.2) is 72.3 Å². The fraction of sp³-hybridized carbons (Fsp3) is 0.0833. The maximum atomic E-state index is 12.9. The first-order chi connectivity index (χ1) is 15.7. The van der Waals surface area contributed by atoms with Crippen LogP contribution in [0.25, 0.3) is 6.08 Å². The normalized spacial score (nSPS) is 11.6. The van der Waals surface area contributed by atoms with Crippen LogP contribution in [-0.4, -0.2) is 5.91 Å². The first-order valence-electron chi connectivity index (χ1n) is 9.43. The average Bonchev–Trinajstić information content (AvgIpc) is 2.77. The van der Waals surface area contributed by atoms with Crippen LogP contribution in [0.4, 0.5) is 18.9 Å². The molecule has 33 heavy (non-hydrogen) atoms. The van der Waals surface area contributed by atoms with Crippen LogP contribution in [0.5, 0.6) is 5.75 Å². The Morgan fingerprint density at radius 2 is 1.88 bits per heavy atom. The summed E-state index contributed by atoms with van der Waals surface area (Å²) < 4.78 is 45.1. The number of anilines is 1. The van der Waals surface area contributed by atoms with Crippen LogP contribution in [0, 0.1) is 14.9 Å². The first kappa shape index (κ1) is 24.6. The van der Waals surface area contributed by atoms with Gasteiger partial charge < -0.3 is 10.1 Å². The molecule has 0 saturated carbocycles. The minimum absolute atomic E-state index is 0.0612. The monoisotopic (exact) mass is 582 g/mol. The number of carbonyl (C=O) groups is 1. The zero-order valence-corrected chi connectivity index (χ0v) is 19.7. The maximum Gasteiger partial charge on any atom is 0.416 e. The second kappa shape index (κ2) is 10.7. The van der Waals surface area contributed by atoms with Gasteiger partial charge >= 0.3 is 6.18 Å². The predicted octanol–water partition coefficient (Wildman–Crippen LogP) is 7.09. The third-order valence-electron chi connectivity index (χ3n) is 4.42. The van der Waals surface area contributed by atoms with Gasteiger partial charge in [-0.05, 0) is 70.6 Å². The summed E-state index contributed by atoms with van der Waals surface area (Å²) in [5, 5.41) is 12.3. The van der Waals surface area contributed by atoms with Gasteiger partial charge in [-0.1, -0.05) is 41.9 Å². The number of nitrogens with one attached hydrogen (secondary N) is 1. The molecule has 1 N–H and O–H groups in total. The highest BCUT2D eigenvalue weighted by molar-refractivity contribution is 14.1. The van der Waals surface area contributed by atoms with E-state index in [1.165, 1.54) is 18.2 Å². The number of amides is 1. The summed E-state index contributed by atoms with van der Waals surface area (Å²) >= 11 is 8.20. The number of hydrogen-bond donors (Lipinski definition) is 1. The Balaban J connectivity index is 1.73. The highest BCUT2D eigenvalue weighted by atomic mass is 127. The zero-order chi connectivity index (χ0) is 24.0. The van der Waals surface area contributed by atoms with Gasteiger partial charge in [0.25, 0.3) is 5.91 Å². The highest BCUT2D eigenvalue weighted by Crippen LogP contribution is 2.31. The van der Waals surface area contributed by atoms with E-state index in [0.717, 1.165) is 21.3 Å². The number of ether oxygens (including phenoxy) is 1. The number of halogens is 5. The minimum Gasteiger partial charge on any atom is -0.488 e. The van der Waals surface area contributed by atoms with Crippen molar-refractivity contribution < 1.29 is 22.7 Å². The molecule has 0 spiro atoms. The van der Waals surface area contributed by atoms with Crippen molar-refractivity contribution in [1.29, 1.82) is 5.26 Å². The maximum absolute atomic E-state index is 12.9. The largest absolute Gasteiger partial charge is 0.488 e. The smallest absolute Gasteiger partial charge is 0.416 e. The molecule has 0 radical (unpaired) electrons. The Bertz CT molecular complexity index is 1250. The topological polar surface area (TPSA) is 62.1 Å². The molecule has 0 aliphatic rings. The van der Waals surface area contributed by atoms with Crippen molar-refractivity contribution in [2.75, 3.05) is 5.32 Å². The number of benzene rings is 3. The summed E-state index contributed by atoms with van der Waals surface area (Å²) in [7, 11) is 0. The minimum atomic E-state index is -4.54. The highest BCUT2D eigenvalue weighted by Gasteiger charge is 2.30. The van der Waals surface area contributed by atoms with E-state index in [-0.39, 0.29) is 17.9 Å². The summed E-state index contributed by atoms with van der Waals surface area (Å²) in [6.07, 6.45) is -3.19. The van der Waals surface area contributed by atoms with Crippen molar-refractivity contribution in [3.05, 3.63) is 97.6 Å². The first-order valence-corrected chi connectivity index (χ1v) is 10.9. The Morgan fingerprint density at radius 3 is 2.55 bits per heavy atom. The third-order valence-corrected chi connectivity index (χ3v) is 5.63. The van der Waals surface area contributed by atoms with Gasteiger partial charge in [0.2, 0.25) is 0 Å². The molecule has 0 fully saturated rings. The number of alkyl halides is 3. The van der Waals surface area contributed by atoms with Crippen molar-refractivity contribution >= 4 is 51.9 Å². The Kier molecular flexibility index (Phi) is 8.00. The van der Waals surface area contributed by atoms with E-state index >= 15 is 0 Å². The van der Waals surface area contributed by atoms with Crippen LogP contribution < -0.4 is 10.1 Å². The molecule has 9 heteroatoms. The van der Waals surface area contributed by atoms with Gasteiger partial charge in [-0.25, -0.2) is 0 Å². The van der Waals surface area contributed by atoms with Gasteiger partial charge in [-0.15, -0.1) is 0 Å². The van der Waals surface area contributed by atoms with E-state index in [2.05, 4.69) is 27.9 Å². The molecule has 168 valence electrons. The lowest BCUT2D eigenvalue weighted by atomic mass is 10.1. The molecule has 3 aromatic rings. The van der Waals surface area contributed by atoms with Crippen LogP contribution in [0.2, 0.25) is 5.02 Å². The molecule has 3 aromatic carbocycles. The average molecular weight is 583 g/mol. The molecule has 4 nitrogen and oxygen atoms in total. The van der Waals surface area contributed by atoms with Gasteiger partial charge in [0.1, 0.15) is 24.0 Å². The van der Waals surface area contributed by atoms with Crippen molar-refractivity contribution in [1.82, 2.24) is 0 Å². The molecule has 0 aromatic heterocycles. The van der Waals surface area contributed by atoms with E-state index < -0.39 is 17.6 Å². The number of carbonyl (C=O) groups excluding carboxylic acids is 1. The van der Waals surface area contributed by atoms with E-state index in [1.54, 1.807) is 30.3 Å². The Labute approximate surface area is 206 Å². The van der Waals surface area contributed by atoms with Crippen LogP contribution >= 0.6 is 34.2 Å². The lowest BCUT2D eigenvalue weighted by molar-refractivity contribution is -0.137. The second-order valence-electron chi connectivity index (χ2n) is 6.77. The standard InChI is InChI=1S/C24H15ClF3IN2O2/c25-20-7-2-1-4-16(20)14-33-22-9-8-15(11-21(22)29)10-17(13-30)23(32)31-19-6-3-5-18(12-19)24(26,27)28/h1-12H,14H2,(H,31,32)/b17-10-. The van der Waals surface area contributed by atoms with Gasteiger partial charge in [0, 0.05) is 16.3 Å². The van der Waals surface area contributed by atoms with Crippen LogP contribution in [0.1, 0.15) is 16.7 Å². The van der Waals surface area contributed by atoms with Crippen molar-refractivity contribution in [2.24, 2.45) is 0 Å². The fourth-order valence-corrected chi connectivity index (χ4v) is 3.67. The van der Waals surface area contributed by atoms with Gasteiger partial charge in [0.05, 0.1) is 9.13 Å². The van der Waals surface area contributed by atoms with E-state index in [1.807, 2.05) is 18.2 Å². The molecule has 1 amide bonds. The molecular formula is C24H15ClF3IN2O2. The Morgan fingerprint density at radius 1 is 1.12 bits per heavy atom. The second-order valence-corrected chi connectivity index (χ2v) is 8.34. The molecule has 0 unspecified atom stereocenters. The molecular weight excluding hydrogens is 568 g/mol. The molecule has 0 aliphatic carbocycles. The molecule has 0 aliphatic heterocycles. The molecule has 0 heterocycles. The number of rotatable bonds is 6. The van der Waals surface area contributed by atoms with Crippen molar-refractivity contribution in [2.45, 2.75) is 12.8 Å². The predicted molar refractivity (Wildman–Crippen MR) is 129 cm³/mol. The lowest BCUT2D eigenvalue weighted by Gasteiger charge is -2.11. The van der Waals surface area contributed by atoms with Gasteiger partial charge in [0.15, 0.2) is 0 Å². The van der Waals surface area contributed by atoms with Crippen molar-refractivity contribution in [3.63, 3.8) is 0 Å².